The van der Waals surface area contributed by atoms with E-state index in [0.717, 1.165) is 18.2 Å². The highest BCUT2D eigenvalue weighted by Crippen LogP contribution is 2.30. The Morgan fingerprint density at radius 1 is 1.05 bits per heavy atom. The van der Waals surface area contributed by atoms with Gasteiger partial charge in [0.2, 0.25) is 0 Å². The van der Waals surface area contributed by atoms with Gasteiger partial charge in [0.05, 0.1) is 0 Å². The number of hydrogen-bond donors (Lipinski definition) is 2. The fraction of sp³-hybridized carbons (Fsp3) is 0. The second kappa shape index (κ2) is 5.54. The summed E-state index contributed by atoms with van der Waals surface area (Å²) in [7, 11) is 0. The first-order valence-electron chi connectivity index (χ1n) is 5.34. The zero-order valence-electron chi connectivity index (χ0n) is 9.88. The number of amidine groups is 1. The number of ether oxygens (including phenoxy) is 1. The van der Waals surface area contributed by atoms with Crippen molar-refractivity contribution in [2.24, 2.45) is 5.73 Å². The molecule has 2 aromatic rings. The highest BCUT2D eigenvalue weighted by Gasteiger charge is 2.15. The van der Waals surface area contributed by atoms with Crippen LogP contribution >= 0.6 is 15.9 Å². The maximum atomic E-state index is 13.7. The van der Waals surface area contributed by atoms with Crippen molar-refractivity contribution < 1.29 is 17.9 Å². The van der Waals surface area contributed by atoms with Crippen molar-refractivity contribution in [1.29, 1.82) is 5.41 Å². The highest BCUT2D eigenvalue weighted by atomic mass is 79.9. The molecule has 0 bridgehead atoms. The first kappa shape index (κ1) is 14.4. The van der Waals surface area contributed by atoms with E-state index in [1.807, 2.05) is 0 Å². The zero-order chi connectivity index (χ0) is 14.9. The lowest BCUT2D eigenvalue weighted by molar-refractivity contribution is 0.404. The predicted octanol–water partition coefficient (Wildman–Crippen LogP) is 3.94. The summed E-state index contributed by atoms with van der Waals surface area (Å²) in [4.78, 5) is 0. The van der Waals surface area contributed by atoms with E-state index in [9.17, 15) is 13.2 Å². The van der Waals surface area contributed by atoms with Crippen LogP contribution in [0.2, 0.25) is 0 Å². The summed E-state index contributed by atoms with van der Waals surface area (Å²) >= 11 is 3.04. The minimum atomic E-state index is -1.03. The summed E-state index contributed by atoms with van der Waals surface area (Å²) in [5.74, 6) is -3.90. The largest absolute Gasteiger partial charge is 0.451 e. The van der Waals surface area contributed by atoms with E-state index in [4.69, 9.17) is 15.9 Å². The molecule has 3 nitrogen and oxygen atoms in total. The number of nitrogens with one attached hydrogen (secondary N) is 1. The molecule has 2 aromatic carbocycles. The molecule has 0 aliphatic rings. The van der Waals surface area contributed by atoms with E-state index in [0.29, 0.717) is 4.47 Å². The molecular formula is C13H8BrF3N2O. The van der Waals surface area contributed by atoms with E-state index in [2.05, 4.69) is 15.9 Å². The SMILES string of the molecule is N=C(N)c1cc(F)c(Oc2cc(F)cc(Br)c2)c(F)c1. The lowest BCUT2D eigenvalue weighted by atomic mass is 10.2. The van der Waals surface area contributed by atoms with Crippen molar-refractivity contribution in [3.8, 4) is 11.5 Å². The summed E-state index contributed by atoms with van der Waals surface area (Å²) in [5, 5.41) is 7.12. The Bertz CT molecular complexity index is 648. The third-order valence-corrected chi connectivity index (χ3v) is 2.82. The maximum Gasteiger partial charge on any atom is 0.198 e. The van der Waals surface area contributed by atoms with E-state index >= 15 is 0 Å². The van der Waals surface area contributed by atoms with Crippen LogP contribution in [-0.4, -0.2) is 5.84 Å². The Labute approximate surface area is 120 Å². The number of nitrogens with two attached hydrogens (primary N) is 1. The molecule has 3 N–H and O–H groups in total. The molecule has 0 spiro atoms. The zero-order valence-corrected chi connectivity index (χ0v) is 11.5. The Kier molecular flexibility index (Phi) is 3.99. The van der Waals surface area contributed by atoms with E-state index in [-0.39, 0.29) is 11.3 Å². The van der Waals surface area contributed by atoms with Crippen LogP contribution in [0.4, 0.5) is 13.2 Å². The maximum absolute atomic E-state index is 13.7. The molecule has 0 heterocycles. The predicted molar refractivity (Wildman–Crippen MR) is 71.5 cm³/mol. The van der Waals surface area contributed by atoms with Gasteiger partial charge in [0.1, 0.15) is 17.4 Å². The number of rotatable bonds is 3. The van der Waals surface area contributed by atoms with Gasteiger partial charge in [-0.05, 0) is 24.3 Å². The molecular weight excluding hydrogens is 337 g/mol. The quantitative estimate of drug-likeness (QED) is 0.654. The molecule has 0 saturated carbocycles. The molecule has 0 aliphatic carbocycles. The summed E-state index contributed by atoms with van der Waals surface area (Å²) in [5.41, 5.74) is 5.04. The van der Waals surface area contributed by atoms with E-state index in [1.165, 1.54) is 12.1 Å². The van der Waals surface area contributed by atoms with Crippen LogP contribution in [0, 0.1) is 22.9 Å². The van der Waals surface area contributed by atoms with Crippen molar-refractivity contribution in [1.82, 2.24) is 0 Å². The van der Waals surface area contributed by atoms with Gasteiger partial charge in [-0.2, -0.15) is 0 Å². The van der Waals surface area contributed by atoms with Crippen LogP contribution in [0.25, 0.3) is 0 Å². The molecule has 0 fully saturated rings. The molecule has 0 unspecified atom stereocenters. The Morgan fingerprint density at radius 2 is 1.65 bits per heavy atom. The topological polar surface area (TPSA) is 59.1 Å². The van der Waals surface area contributed by atoms with Crippen LogP contribution in [0.1, 0.15) is 5.56 Å². The molecule has 0 aromatic heterocycles. The number of hydrogen-bond acceptors (Lipinski definition) is 2. The lowest BCUT2D eigenvalue weighted by Crippen LogP contribution is -2.12. The van der Waals surface area contributed by atoms with Crippen LogP contribution in [0.15, 0.2) is 34.8 Å². The summed E-state index contributed by atoms with van der Waals surface area (Å²) in [6.45, 7) is 0. The Hall–Kier alpha value is -2.02. The number of nitrogen functional groups attached to an aromatic ring is 1. The lowest BCUT2D eigenvalue weighted by Gasteiger charge is -2.10. The summed E-state index contributed by atoms with van der Waals surface area (Å²) in [6, 6.07) is 5.27. The Morgan fingerprint density at radius 3 is 2.15 bits per heavy atom. The second-order valence-corrected chi connectivity index (χ2v) is 4.81. The molecule has 0 saturated heterocycles. The van der Waals surface area contributed by atoms with Gasteiger partial charge in [0.25, 0.3) is 0 Å². The van der Waals surface area contributed by atoms with Crippen LogP contribution in [0.3, 0.4) is 0 Å². The van der Waals surface area contributed by atoms with Crippen LogP contribution in [0.5, 0.6) is 11.5 Å². The molecule has 20 heavy (non-hydrogen) atoms. The van der Waals surface area contributed by atoms with Gasteiger partial charge in [0, 0.05) is 16.1 Å². The fourth-order valence-electron chi connectivity index (χ4n) is 1.52. The smallest absolute Gasteiger partial charge is 0.198 e. The summed E-state index contributed by atoms with van der Waals surface area (Å²) in [6.07, 6.45) is 0. The van der Waals surface area contributed by atoms with Crippen molar-refractivity contribution in [3.63, 3.8) is 0 Å². The highest BCUT2D eigenvalue weighted by molar-refractivity contribution is 9.10. The number of halogens is 4. The average Bonchev–Trinajstić information content (AvgIpc) is 2.32. The van der Waals surface area contributed by atoms with Gasteiger partial charge in [-0.25, -0.2) is 13.2 Å². The summed E-state index contributed by atoms with van der Waals surface area (Å²) < 4.78 is 46.0. The molecule has 104 valence electrons. The molecule has 0 aliphatic heterocycles. The normalized spacial score (nSPS) is 10.4. The van der Waals surface area contributed by atoms with Gasteiger partial charge >= 0.3 is 0 Å². The molecule has 7 heteroatoms. The minimum absolute atomic E-state index is 0.0646. The molecule has 2 rings (SSSR count). The van der Waals surface area contributed by atoms with Gasteiger partial charge in [0.15, 0.2) is 17.4 Å². The van der Waals surface area contributed by atoms with Crippen LogP contribution < -0.4 is 10.5 Å². The van der Waals surface area contributed by atoms with E-state index < -0.39 is 29.0 Å². The molecule has 0 atom stereocenters. The van der Waals surface area contributed by atoms with Gasteiger partial charge in [-0.3, -0.25) is 5.41 Å². The monoisotopic (exact) mass is 344 g/mol. The average molecular weight is 345 g/mol. The fourth-order valence-corrected chi connectivity index (χ4v) is 1.96. The van der Waals surface area contributed by atoms with Crippen molar-refractivity contribution in [2.75, 3.05) is 0 Å². The molecule has 0 radical (unpaired) electrons. The van der Waals surface area contributed by atoms with Crippen molar-refractivity contribution in [2.45, 2.75) is 0 Å². The van der Waals surface area contributed by atoms with Gasteiger partial charge in [-0.1, -0.05) is 15.9 Å². The standard InChI is InChI=1S/C13H8BrF3N2O/c14-7-3-8(15)5-9(4-7)20-12-10(16)1-6(13(18)19)2-11(12)17/h1-5H,(H3,18,19). The third kappa shape index (κ3) is 3.11. The minimum Gasteiger partial charge on any atom is -0.451 e. The van der Waals surface area contributed by atoms with Gasteiger partial charge in [-0.15, -0.1) is 0 Å². The second-order valence-electron chi connectivity index (χ2n) is 3.89. The first-order chi connectivity index (χ1) is 9.36. The number of benzene rings is 2. The van der Waals surface area contributed by atoms with E-state index in [1.54, 1.807) is 0 Å². The van der Waals surface area contributed by atoms with Crippen molar-refractivity contribution in [3.05, 3.63) is 57.8 Å². The van der Waals surface area contributed by atoms with Gasteiger partial charge < -0.3 is 10.5 Å². The molecule has 0 amide bonds. The third-order valence-electron chi connectivity index (χ3n) is 2.37. The Balaban J connectivity index is 2.41. The van der Waals surface area contributed by atoms with Crippen molar-refractivity contribution >= 4 is 21.8 Å². The first-order valence-corrected chi connectivity index (χ1v) is 6.13. The van der Waals surface area contributed by atoms with Crippen LogP contribution in [-0.2, 0) is 0 Å².